The van der Waals surface area contributed by atoms with Gasteiger partial charge in [-0.15, -0.1) is 0 Å². The fourth-order valence-corrected chi connectivity index (χ4v) is 2.29. The molecule has 0 saturated heterocycles. The first kappa shape index (κ1) is 12.8. The minimum absolute atomic E-state index is 0.0831. The average Bonchev–Trinajstić information content (AvgIpc) is 2.35. The summed E-state index contributed by atoms with van der Waals surface area (Å²) in [4.78, 5) is 19.9. The average molecular weight is 262 g/mol. The van der Waals surface area contributed by atoms with Crippen molar-refractivity contribution < 1.29 is 9.53 Å². The van der Waals surface area contributed by atoms with Gasteiger partial charge >= 0.3 is 5.97 Å². The third kappa shape index (κ3) is 3.20. The van der Waals surface area contributed by atoms with E-state index in [4.69, 9.17) is 4.74 Å². The zero-order valence-electron chi connectivity index (χ0n) is 10.3. The maximum Gasteiger partial charge on any atom is 0.316 e. The fourth-order valence-electron chi connectivity index (χ4n) is 1.52. The van der Waals surface area contributed by atoms with Gasteiger partial charge in [0.05, 0.1) is 17.4 Å². The zero-order valence-corrected chi connectivity index (χ0v) is 11.1. The second-order valence-electron chi connectivity index (χ2n) is 4.02. The Morgan fingerprint density at radius 3 is 2.89 bits per heavy atom. The summed E-state index contributed by atoms with van der Waals surface area (Å²) >= 11 is 1.37. The highest BCUT2D eigenvalue weighted by molar-refractivity contribution is 8.00. The van der Waals surface area contributed by atoms with Crippen molar-refractivity contribution in [2.45, 2.75) is 25.0 Å². The van der Waals surface area contributed by atoms with Crippen molar-refractivity contribution in [3.05, 3.63) is 30.6 Å². The molecule has 5 heteroatoms. The van der Waals surface area contributed by atoms with Gasteiger partial charge in [-0.05, 0) is 19.9 Å². The van der Waals surface area contributed by atoms with Crippen LogP contribution in [-0.2, 0) is 9.53 Å². The number of aromatic nitrogens is 2. The van der Waals surface area contributed by atoms with Crippen LogP contribution in [0.4, 0.5) is 0 Å². The van der Waals surface area contributed by atoms with Crippen molar-refractivity contribution in [3.63, 3.8) is 0 Å². The van der Waals surface area contributed by atoms with Gasteiger partial charge in [-0.1, -0.05) is 30.0 Å². The van der Waals surface area contributed by atoms with E-state index in [-0.39, 0.29) is 17.8 Å². The molecule has 2 aromatic rings. The summed E-state index contributed by atoms with van der Waals surface area (Å²) in [5.41, 5.74) is 0.882. The Kier molecular flexibility index (Phi) is 4.15. The van der Waals surface area contributed by atoms with Crippen LogP contribution in [0.25, 0.3) is 10.9 Å². The summed E-state index contributed by atoms with van der Waals surface area (Å²) in [6.45, 7) is 3.67. The molecule has 0 aliphatic rings. The van der Waals surface area contributed by atoms with Crippen molar-refractivity contribution in [3.8, 4) is 0 Å². The SMILES string of the molecule is CC(C)OC(=O)CSc1ncnc2ccccc12. The number of nitrogens with zero attached hydrogens (tertiary/aromatic N) is 2. The molecule has 0 N–H and O–H groups in total. The minimum atomic E-state index is -0.224. The number of ether oxygens (including phenoxy) is 1. The molecule has 1 heterocycles. The van der Waals surface area contributed by atoms with Crippen molar-refractivity contribution in [1.82, 2.24) is 9.97 Å². The van der Waals surface area contributed by atoms with Gasteiger partial charge in [0.15, 0.2) is 0 Å². The number of hydrogen-bond acceptors (Lipinski definition) is 5. The smallest absolute Gasteiger partial charge is 0.316 e. The van der Waals surface area contributed by atoms with Crippen molar-refractivity contribution in [2.75, 3.05) is 5.75 Å². The van der Waals surface area contributed by atoms with E-state index in [1.54, 1.807) is 0 Å². The lowest BCUT2D eigenvalue weighted by Crippen LogP contribution is -2.13. The Labute approximate surface area is 110 Å². The van der Waals surface area contributed by atoms with Gasteiger partial charge in [0.2, 0.25) is 0 Å². The second-order valence-corrected chi connectivity index (χ2v) is 4.99. The first-order chi connectivity index (χ1) is 8.66. The van der Waals surface area contributed by atoms with E-state index >= 15 is 0 Å². The lowest BCUT2D eigenvalue weighted by molar-refractivity contribution is -0.144. The normalized spacial score (nSPS) is 10.8. The Morgan fingerprint density at radius 1 is 1.33 bits per heavy atom. The first-order valence-electron chi connectivity index (χ1n) is 5.69. The molecule has 0 aliphatic heterocycles. The predicted molar refractivity (Wildman–Crippen MR) is 71.5 cm³/mol. The van der Waals surface area contributed by atoms with Crippen molar-refractivity contribution >= 4 is 28.6 Å². The molecule has 0 spiro atoms. The number of para-hydroxylation sites is 1. The van der Waals surface area contributed by atoms with Gasteiger partial charge in [0.1, 0.15) is 11.4 Å². The number of esters is 1. The van der Waals surface area contributed by atoms with E-state index < -0.39 is 0 Å². The highest BCUT2D eigenvalue weighted by Gasteiger charge is 2.09. The van der Waals surface area contributed by atoms with Crippen LogP contribution in [0.1, 0.15) is 13.8 Å². The Morgan fingerprint density at radius 2 is 2.11 bits per heavy atom. The van der Waals surface area contributed by atoms with Crippen LogP contribution in [0.5, 0.6) is 0 Å². The Hall–Kier alpha value is -1.62. The molecule has 94 valence electrons. The lowest BCUT2D eigenvalue weighted by atomic mass is 10.2. The standard InChI is InChI=1S/C13H14N2O2S/c1-9(2)17-12(16)7-18-13-10-5-3-4-6-11(10)14-8-15-13/h3-6,8-9H,7H2,1-2H3. The fraction of sp³-hybridized carbons (Fsp3) is 0.308. The second kappa shape index (κ2) is 5.82. The molecule has 0 amide bonds. The quantitative estimate of drug-likeness (QED) is 0.481. The molecule has 1 aromatic heterocycles. The molecule has 0 aliphatic carbocycles. The molecule has 1 aromatic carbocycles. The Bertz CT molecular complexity index is 552. The molecule has 2 rings (SSSR count). The van der Waals surface area contributed by atoms with E-state index in [1.807, 2.05) is 38.1 Å². The van der Waals surface area contributed by atoms with Crippen LogP contribution >= 0.6 is 11.8 Å². The van der Waals surface area contributed by atoms with Gasteiger partial charge in [-0.3, -0.25) is 4.79 Å². The minimum Gasteiger partial charge on any atom is -0.462 e. The molecule has 4 nitrogen and oxygen atoms in total. The number of thioether (sulfide) groups is 1. The van der Waals surface area contributed by atoms with E-state index in [2.05, 4.69) is 9.97 Å². The maximum absolute atomic E-state index is 11.5. The lowest BCUT2D eigenvalue weighted by Gasteiger charge is -2.07. The topological polar surface area (TPSA) is 52.1 Å². The van der Waals surface area contributed by atoms with E-state index in [9.17, 15) is 4.79 Å². The highest BCUT2D eigenvalue weighted by Crippen LogP contribution is 2.24. The number of rotatable bonds is 4. The predicted octanol–water partition coefficient (Wildman–Crippen LogP) is 2.67. The van der Waals surface area contributed by atoms with Crippen LogP contribution in [0, 0.1) is 0 Å². The van der Waals surface area contributed by atoms with Gasteiger partial charge in [-0.2, -0.15) is 0 Å². The number of fused-ring (bicyclic) bond motifs is 1. The van der Waals surface area contributed by atoms with Gasteiger partial charge in [-0.25, -0.2) is 9.97 Å². The van der Waals surface area contributed by atoms with Crippen molar-refractivity contribution in [2.24, 2.45) is 0 Å². The monoisotopic (exact) mass is 262 g/mol. The number of carbonyl (C=O) groups excluding carboxylic acids is 1. The van der Waals surface area contributed by atoms with Crippen LogP contribution in [0.3, 0.4) is 0 Å². The Balaban J connectivity index is 2.10. The molecule has 0 atom stereocenters. The summed E-state index contributed by atoms with van der Waals surface area (Å²) in [5.74, 6) is 0.0387. The zero-order chi connectivity index (χ0) is 13.0. The molecule has 0 saturated carbocycles. The molecule has 0 fully saturated rings. The van der Waals surface area contributed by atoms with E-state index in [0.717, 1.165) is 15.9 Å². The van der Waals surface area contributed by atoms with E-state index in [1.165, 1.54) is 18.1 Å². The third-order valence-electron chi connectivity index (χ3n) is 2.20. The van der Waals surface area contributed by atoms with Crippen LogP contribution in [0.15, 0.2) is 35.6 Å². The van der Waals surface area contributed by atoms with Gasteiger partial charge in [0, 0.05) is 5.39 Å². The van der Waals surface area contributed by atoms with Crippen LogP contribution in [-0.4, -0.2) is 27.8 Å². The molecular formula is C13H14N2O2S. The third-order valence-corrected chi connectivity index (χ3v) is 3.18. The summed E-state index contributed by atoms with van der Waals surface area (Å²) in [5, 5.41) is 1.77. The first-order valence-corrected chi connectivity index (χ1v) is 6.67. The van der Waals surface area contributed by atoms with Crippen molar-refractivity contribution in [1.29, 1.82) is 0 Å². The van der Waals surface area contributed by atoms with Gasteiger partial charge in [0.25, 0.3) is 0 Å². The molecule has 0 bridgehead atoms. The van der Waals surface area contributed by atoms with Crippen LogP contribution in [0.2, 0.25) is 0 Å². The number of hydrogen-bond donors (Lipinski definition) is 0. The molecule has 0 unspecified atom stereocenters. The summed E-state index contributed by atoms with van der Waals surface area (Å²) in [6.07, 6.45) is 1.43. The maximum atomic E-state index is 11.5. The summed E-state index contributed by atoms with van der Waals surface area (Å²) < 4.78 is 5.08. The number of benzene rings is 1. The summed E-state index contributed by atoms with van der Waals surface area (Å²) in [6, 6.07) is 7.73. The summed E-state index contributed by atoms with van der Waals surface area (Å²) in [7, 11) is 0. The largest absolute Gasteiger partial charge is 0.462 e. The van der Waals surface area contributed by atoms with Gasteiger partial charge < -0.3 is 4.74 Å². The highest BCUT2D eigenvalue weighted by atomic mass is 32.2. The van der Waals surface area contributed by atoms with E-state index in [0.29, 0.717) is 0 Å². The molecular weight excluding hydrogens is 248 g/mol. The molecule has 18 heavy (non-hydrogen) atoms. The van der Waals surface area contributed by atoms with Crippen LogP contribution < -0.4 is 0 Å². The molecule has 0 radical (unpaired) electrons. The number of carbonyl (C=O) groups is 1.